The monoisotopic (exact) mass is 343 g/mol. The Bertz CT molecular complexity index is 557. The maximum Gasteiger partial charge on any atom is 0.306 e. The van der Waals surface area contributed by atoms with Crippen LogP contribution in [0.4, 0.5) is 0 Å². The van der Waals surface area contributed by atoms with E-state index < -0.39 is 20.0 Å². The fraction of sp³-hybridized carbons (Fsp3) is 0.533. The van der Waals surface area contributed by atoms with Gasteiger partial charge in [0.1, 0.15) is 0 Å². The van der Waals surface area contributed by atoms with E-state index in [1.54, 1.807) is 13.0 Å². The Kier molecular flexibility index (Phi) is 6.56. The van der Waals surface area contributed by atoms with Crippen molar-refractivity contribution in [1.82, 2.24) is 0 Å². The number of halogens is 1. The van der Waals surface area contributed by atoms with Gasteiger partial charge in [-0.05, 0) is 24.6 Å². The molecule has 0 radical (unpaired) electrons. The van der Waals surface area contributed by atoms with Crippen LogP contribution in [-0.4, -0.2) is 32.1 Å². The molecule has 0 fully saturated rings. The minimum atomic E-state index is -1.75. The van der Waals surface area contributed by atoms with Gasteiger partial charge in [0.05, 0.1) is 27.0 Å². The van der Waals surface area contributed by atoms with Crippen molar-refractivity contribution in [2.45, 2.75) is 38.9 Å². The Morgan fingerprint density at radius 3 is 2.55 bits per heavy atom. The molecule has 7 heteroatoms. The van der Waals surface area contributed by atoms with E-state index in [0.29, 0.717) is 5.02 Å². The molecule has 0 aliphatic heterocycles. The van der Waals surface area contributed by atoms with Crippen LogP contribution in [-0.2, 0) is 9.53 Å². The van der Waals surface area contributed by atoms with E-state index in [2.05, 4.69) is 19.6 Å². The van der Waals surface area contributed by atoms with Crippen LogP contribution in [0.1, 0.15) is 24.8 Å². The number of benzene rings is 1. The smallest absolute Gasteiger partial charge is 0.306 e. The molecule has 0 heterocycles. The molecule has 0 N–H and O–H groups in total. The third-order valence-corrected chi connectivity index (χ3v) is 5.64. The predicted molar refractivity (Wildman–Crippen MR) is 90.3 cm³/mol. The Hall–Kier alpha value is -1.40. The zero-order chi connectivity index (χ0) is 16.9. The van der Waals surface area contributed by atoms with Crippen molar-refractivity contribution in [1.29, 1.82) is 0 Å². The summed E-state index contributed by atoms with van der Waals surface area (Å²) in [7, 11) is -1.75. The molecule has 0 spiro atoms. The lowest BCUT2D eigenvalue weighted by molar-refractivity contribution is -0.483. The molecule has 1 atom stereocenters. The van der Waals surface area contributed by atoms with Crippen LogP contribution < -0.4 is 5.19 Å². The van der Waals surface area contributed by atoms with E-state index in [4.69, 9.17) is 16.3 Å². The Morgan fingerprint density at radius 2 is 2.05 bits per heavy atom. The second-order valence-corrected chi connectivity index (χ2v) is 11.7. The van der Waals surface area contributed by atoms with Crippen molar-refractivity contribution < 1.29 is 14.5 Å². The Labute approximate surface area is 136 Å². The molecule has 0 aromatic heterocycles. The van der Waals surface area contributed by atoms with Crippen LogP contribution >= 0.6 is 11.6 Å². The van der Waals surface area contributed by atoms with Crippen molar-refractivity contribution in [3.63, 3.8) is 0 Å². The molecule has 0 saturated carbocycles. The number of rotatable bonds is 7. The number of ether oxygens (including phenoxy) is 1. The van der Waals surface area contributed by atoms with Crippen LogP contribution in [0.25, 0.3) is 0 Å². The summed E-state index contributed by atoms with van der Waals surface area (Å²) in [6.45, 7) is 8.14. The first-order chi connectivity index (χ1) is 10.1. The van der Waals surface area contributed by atoms with Gasteiger partial charge in [0, 0.05) is 9.95 Å². The highest BCUT2D eigenvalue weighted by molar-refractivity contribution is 6.89. The fourth-order valence-electron chi connectivity index (χ4n) is 2.41. The van der Waals surface area contributed by atoms with Crippen LogP contribution in [0, 0.1) is 10.1 Å². The van der Waals surface area contributed by atoms with Gasteiger partial charge in [-0.25, -0.2) is 0 Å². The third-order valence-electron chi connectivity index (χ3n) is 3.35. The number of nitro groups is 1. The maximum atomic E-state index is 11.8. The zero-order valence-electron chi connectivity index (χ0n) is 13.4. The number of nitrogens with zero attached hydrogens (tertiary/aromatic N) is 1. The van der Waals surface area contributed by atoms with Crippen molar-refractivity contribution in [2.75, 3.05) is 13.2 Å². The lowest BCUT2D eigenvalue weighted by atomic mass is 9.95. The Balaban J connectivity index is 3.24. The first-order valence-corrected chi connectivity index (χ1v) is 11.1. The predicted octanol–water partition coefficient (Wildman–Crippen LogP) is 3.20. The van der Waals surface area contributed by atoms with Crippen molar-refractivity contribution in [3.05, 3.63) is 38.9 Å². The van der Waals surface area contributed by atoms with E-state index >= 15 is 0 Å². The molecule has 0 saturated heterocycles. The summed E-state index contributed by atoms with van der Waals surface area (Å²) >= 11 is 6.09. The van der Waals surface area contributed by atoms with Crippen LogP contribution in [0.2, 0.25) is 24.7 Å². The van der Waals surface area contributed by atoms with E-state index in [0.717, 1.165) is 10.8 Å². The van der Waals surface area contributed by atoms with Crippen LogP contribution in [0.3, 0.4) is 0 Å². The van der Waals surface area contributed by atoms with Gasteiger partial charge in [0.15, 0.2) is 0 Å². The molecule has 0 unspecified atom stereocenters. The van der Waals surface area contributed by atoms with Gasteiger partial charge in [-0.1, -0.05) is 42.5 Å². The van der Waals surface area contributed by atoms with Crippen LogP contribution in [0.5, 0.6) is 0 Å². The first-order valence-electron chi connectivity index (χ1n) is 7.22. The number of hydrogen-bond acceptors (Lipinski definition) is 4. The molecule has 122 valence electrons. The highest BCUT2D eigenvalue weighted by atomic mass is 35.5. The molecule has 1 aromatic carbocycles. The summed E-state index contributed by atoms with van der Waals surface area (Å²) in [4.78, 5) is 22.4. The number of hydrogen-bond donors (Lipinski definition) is 0. The minimum absolute atomic E-state index is 0.00787. The van der Waals surface area contributed by atoms with Gasteiger partial charge >= 0.3 is 5.97 Å². The molecular weight excluding hydrogens is 322 g/mol. The van der Waals surface area contributed by atoms with Gasteiger partial charge in [0.25, 0.3) is 0 Å². The summed E-state index contributed by atoms with van der Waals surface area (Å²) in [6.07, 6.45) is 0.00787. The first kappa shape index (κ1) is 18.6. The van der Waals surface area contributed by atoms with E-state index in [9.17, 15) is 14.9 Å². The lowest BCUT2D eigenvalue weighted by Crippen LogP contribution is -2.41. The lowest BCUT2D eigenvalue weighted by Gasteiger charge is -2.24. The molecule has 0 aliphatic carbocycles. The molecule has 0 aliphatic rings. The summed E-state index contributed by atoms with van der Waals surface area (Å²) in [6, 6.07) is 5.41. The molecule has 1 rings (SSSR count). The van der Waals surface area contributed by atoms with Crippen molar-refractivity contribution >= 4 is 30.8 Å². The quantitative estimate of drug-likeness (QED) is 0.330. The molecule has 5 nitrogen and oxygen atoms in total. The SMILES string of the molecule is CCOC(=O)C[C@@H](C[N+](=O)[O-])c1ccc(Cl)cc1[Si](C)(C)C. The van der Waals surface area contributed by atoms with Crippen LogP contribution in [0.15, 0.2) is 18.2 Å². The standard InChI is InChI=1S/C15H22ClNO4Si/c1-5-21-15(18)8-11(10-17(19)20)13-7-6-12(16)9-14(13)22(2,3)4/h6-7,9,11H,5,8,10H2,1-4H3/t11-/m0/s1. The summed E-state index contributed by atoms with van der Waals surface area (Å²) in [5.41, 5.74) is 0.841. The van der Waals surface area contributed by atoms with Crippen molar-refractivity contribution in [3.8, 4) is 0 Å². The fourth-order valence-corrected chi connectivity index (χ4v) is 4.41. The number of esters is 1. The molecular formula is C15H22ClNO4Si. The second-order valence-electron chi connectivity index (χ2n) is 6.20. The third kappa shape index (κ3) is 5.42. The average molecular weight is 344 g/mol. The zero-order valence-corrected chi connectivity index (χ0v) is 15.1. The molecule has 1 aromatic rings. The average Bonchev–Trinajstić information content (AvgIpc) is 2.36. The second kappa shape index (κ2) is 7.74. The Morgan fingerprint density at radius 1 is 1.41 bits per heavy atom. The molecule has 22 heavy (non-hydrogen) atoms. The topological polar surface area (TPSA) is 69.4 Å². The molecule has 0 bridgehead atoms. The van der Waals surface area contributed by atoms with Gasteiger partial charge in [0.2, 0.25) is 6.54 Å². The van der Waals surface area contributed by atoms with Gasteiger partial charge in [-0.15, -0.1) is 0 Å². The molecule has 0 amide bonds. The largest absolute Gasteiger partial charge is 0.466 e. The highest BCUT2D eigenvalue weighted by Crippen LogP contribution is 2.24. The minimum Gasteiger partial charge on any atom is -0.466 e. The van der Waals surface area contributed by atoms with E-state index in [1.807, 2.05) is 12.1 Å². The van der Waals surface area contributed by atoms with Gasteiger partial charge < -0.3 is 4.74 Å². The van der Waals surface area contributed by atoms with E-state index in [1.165, 1.54) is 0 Å². The van der Waals surface area contributed by atoms with Gasteiger partial charge in [-0.2, -0.15) is 0 Å². The maximum absolute atomic E-state index is 11.8. The van der Waals surface area contributed by atoms with Gasteiger partial charge in [-0.3, -0.25) is 14.9 Å². The van der Waals surface area contributed by atoms with Crippen molar-refractivity contribution in [2.24, 2.45) is 0 Å². The highest BCUT2D eigenvalue weighted by Gasteiger charge is 2.29. The summed E-state index contributed by atoms with van der Waals surface area (Å²) in [5.74, 6) is -0.904. The number of carbonyl (C=O) groups excluding carboxylic acids is 1. The normalized spacial score (nSPS) is 12.8. The van der Waals surface area contributed by atoms with E-state index in [-0.39, 0.29) is 24.5 Å². The summed E-state index contributed by atoms with van der Waals surface area (Å²) < 4.78 is 4.95. The summed E-state index contributed by atoms with van der Waals surface area (Å²) in [5, 5.41) is 12.6. The number of carbonyl (C=O) groups is 1.